The summed E-state index contributed by atoms with van der Waals surface area (Å²) in [5, 5.41) is 16.3. The number of hydrogen-bond donors (Lipinski definition) is 3. The van der Waals surface area contributed by atoms with Crippen LogP contribution in [0.4, 0.5) is 0 Å². The zero-order chi connectivity index (χ0) is 34.0. The number of methoxy groups -OCH3 is 2. The molecule has 12 nitrogen and oxygen atoms in total. The fourth-order valence-corrected chi connectivity index (χ4v) is 5.93. The largest absolute Gasteiger partial charge is 0.469 e. The smallest absolute Gasteiger partial charge is 0.339 e. The van der Waals surface area contributed by atoms with Crippen LogP contribution < -0.4 is 5.56 Å². The molecule has 2 aromatic heterocycles. The molecule has 3 N–H and O–H groups in total. The Labute approximate surface area is 281 Å². The molecule has 0 spiro atoms. The van der Waals surface area contributed by atoms with E-state index in [4.69, 9.17) is 21.1 Å². The molecule has 0 amide bonds. The van der Waals surface area contributed by atoms with Gasteiger partial charge in [0.1, 0.15) is 16.8 Å². The number of hydrogen-bond acceptors (Lipinski definition) is 11. The summed E-state index contributed by atoms with van der Waals surface area (Å²) < 4.78 is 19.1. The molecule has 2 fully saturated rings. The average molecular weight is 732 g/mol. The van der Waals surface area contributed by atoms with E-state index in [2.05, 4.69) is 53.7 Å². The Morgan fingerprint density at radius 2 is 1.29 bits per heavy atom. The standard InChI is InChI=1S/C14H19ClN2O3.C14H20N2O4.Cl3OP/c1-9-7-11(15)17-12(16-9)10-3-5-14(8-18,6-4-10)13(19)20-2;1-9-7-11(18)16-12(15-9)10-3-5-14(8-17,6-4-10)13(19)20-2;1-5(2,3)4/h7,10,18H,3-6,8H2,1-2H3;7,10,17H,3-6,8H2,1-2H3,(H,15,16,18);. The molecular weight excluding hydrogens is 693 g/mol. The normalized spacial score (nSPS) is 24.7. The molecule has 2 heterocycles. The summed E-state index contributed by atoms with van der Waals surface area (Å²) in [6.07, 6.45) is 5.12. The van der Waals surface area contributed by atoms with E-state index in [1.54, 1.807) is 13.0 Å². The third-order valence-electron chi connectivity index (χ3n) is 8.21. The molecule has 0 saturated heterocycles. The monoisotopic (exact) mass is 730 g/mol. The lowest BCUT2D eigenvalue weighted by Crippen LogP contribution is -2.39. The van der Waals surface area contributed by atoms with Crippen molar-refractivity contribution in [1.29, 1.82) is 0 Å². The van der Waals surface area contributed by atoms with Gasteiger partial charge in [0, 0.05) is 29.3 Å². The minimum absolute atomic E-state index is 0.118. The van der Waals surface area contributed by atoms with Crippen LogP contribution >= 0.6 is 50.5 Å². The molecule has 2 aliphatic carbocycles. The lowest BCUT2D eigenvalue weighted by molar-refractivity contribution is -0.159. The van der Waals surface area contributed by atoms with Crippen LogP contribution in [0, 0.1) is 24.7 Å². The Balaban J connectivity index is 0.000000273. The second-order valence-corrected chi connectivity index (χ2v) is 18.3. The van der Waals surface area contributed by atoms with Crippen molar-refractivity contribution in [2.75, 3.05) is 27.4 Å². The number of aliphatic hydroxyl groups excluding tert-OH is 2. The highest BCUT2D eigenvalue weighted by Crippen LogP contribution is 2.61. The minimum atomic E-state index is -3.22. The van der Waals surface area contributed by atoms with Crippen molar-refractivity contribution in [3.8, 4) is 0 Å². The first-order valence-electron chi connectivity index (χ1n) is 14.2. The number of esters is 2. The molecule has 0 atom stereocenters. The van der Waals surface area contributed by atoms with Crippen LogP contribution in [0.1, 0.15) is 86.2 Å². The fraction of sp³-hybridized carbons (Fsp3) is 0.643. The molecule has 0 bridgehead atoms. The lowest BCUT2D eigenvalue weighted by Gasteiger charge is -2.35. The van der Waals surface area contributed by atoms with Gasteiger partial charge in [0.05, 0.1) is 38.3 Å². The predicted molar refractivity (Wildman–Crippen MR) is 172 cm³/mol. The van der Waals surface area contributed by atoms with Crippen LogP contribution in [-0.2, 0) is 23.6 Å². The number of H-pyrrole nitrogens is 1. The first-order chi connectivity index (χ1) is 21.0. The highest BCUT2D eigenvalue weighted by atomic mass is 36.0. The summed E-state index contributed by atoms with van der Waals surface area (Å²) in [6.45, 7) is 3.28. The molecular formula is C28H39Cl4N4O8P. The number of aromatic amines is 1. The third kappa shape index (κ3) is 11.8. The van der Waals surface area contributed by atoms with E-state index >= 15 is 0 Å². The zero-order valence-corrected chi connectivity index (χ0v) is 29.4. The van der Waals surface area contributed by atoms with Gasteiger partial charge in [-0.25, -0.2) is 15.0 Å². The maximum absolute atomic E-state index is 11.8. The van der Waals surface area contributed by atoms with E-state index in [1.807, 2.05) is 6.92 Å². The number of carbonyl (C=O) groups is 2. The molecule has 45 heavy (non-hydrogen) atoms. The Morgan fingerprint density at radius 3 is 1.67 bits per heavy atom. The van der Waals surface area contributed by atoms with Crippen molar-refractivity contribution in [2.45, 2.75) is 77.0 Å². The summed E-state index contributed by atoms with van der Waals surface area (Å²) in [6, 6.07) is 3.18. The number of nitrogens with one attached hydrogen (secondary N) is 1. The fourth-order valence-electron chi connectivity index (χ4n) is 5.69. The van der Waals surface area contributed by atoms with Gasteiger partial charge in [-0.15, -0.1) is 0 Å². The lowest BCUT2D eigenvalue weighted by atomic mass is 9.70. The van der Waals surface area contributed by atoms with Crippen molar-refractivity contribution in [3.63, 3.8) is 0 Å². The number of carbonyl (C=O) groups excluding carboxylic acids is 2. The van der Waals surface area contributed by atoms with E-state index < -0.39 is 16.0 Å². The zero-order valence-electron chi connectivity index (χ0n) is 25.5. The van der Waals surface area contributed by atoms with Gasteiger partial charge in [-0.3, -0.25) is 18.9 Å². The summed E-state index contributed by atoms with van der Waals surface area (Å²) in [5.74, 6) is 1.01. The molecule has 4 rings (SSSR count). The summed E-state index contributed by atoms with van der Waals surface area (Å²) >= 11 is 19.8. The maximum Gasteiger partial charge on any atom is 0.339 e. The molecule has 17 heteroatoms. The first kappa shape index (κ1) is 39.4. The number of aliphatic hydroxyl groups is 2. The van der Waals surface area contributed by atoms with Crippen LogP contribution in [-0.4, -0.2) is 69.5 Å². The van der Waals surface area contributed by atoms with Crippen LogP contribution in [0.3, 0.4) is 0 Å². The van der Waals surface area contributed by atoms with Gasteiger partial charge >= 0.3 is 17.1 Å². The van der Waals surface area contributed by atoms with Crippen molar-refractivity contribution in [3.05, 3.63) is 50.7 Å². The molecule has 0 aliphatic heterocycles. The van der Waals surface area contributed by atoms with Crippen molar-refractivity contribution < 1.29 is 33.8 Å². The van der Waals surface area contributed by atoms with Gasteiger partial charge in [-0.05, 0) is 105 Å². The maximum atomic E-state index is 11.8. The number of halogens is 4. The van der Waals surface area contributed by atoms with Gasteiger partial charge in [-0.1, -0.05) is 11.6 Å². The molecule has 2 aliphatic rings. The molecule has 252 valence electrons. The predicted octanol–water partition coefficient (Wildman–Crippen LogP) is 5.95. The second kappa shape index (κ2) is 17.4. The van der Waals surface area contributed by atoms with Crippen molar-refractivity contribution >= 4 is 62.5 Å². The molecule has 2 saturated carbocycles. The quantitative estimate of drug-likeness (QED) is 0.182. The average Bonchev–Trinajstić information content (AvgIpc) is 2.98. The topological polar surface area (TPSA) is 182 Å². The number of ether oxygens (including phenoxy) is 2. The van der Waals surface area contributed by atoms with Crippen LogP contribution in [0.15, 0.2) is 16.9 Å². The highest BCUT2D eigenvalue weighted by Gasteiger charge is 2.44. The van der Waals surface area contributed by atoms with Gasteiger partial charge < -0.3 is 24.7 Å². The molecule has 0 radical (unpaired) electrons. The molecule has 2 aromatic rings. The van der Waals surface area contributed by atoms with Crippen molar-refractivity contribution in [1.82, 2.24) is 19.9 Å². The Morgan fingerprint density at radius 1 is 0.867 bits per heavy atom. The van der Waals surface area contributed by atoms with E-state index in [-0.39, 0.29) is 42.5 Å². The Bertz CT molecular complexity index is 1380. The summed E-state index contributed by atoms with van der Waals surface area (Å²) in [7, 11) is 2.70. The second-order valence-electron chi connectivity index (χ2n) is 11.3. The summed E-state index contributed by atoms with van der Waals surface area (Å²) in [5.41, 5.74) is -0.184. The minimum Gasteiger partial charge on any atom is -0.469 e. The SMILES string of the molecule is COC(=O)C1(CO)CCC(c2nc(C)cc(=O)[nH]2)CC1.COC(=O)C1(CO)CCC(c2nc(C)cc(Cl)n2)CC1.O=P(Cl)(Cl)Cl. The van der Waals surface area contributed by atoms with E-state index in [9.17, 15) is 29.2 Å². The van der Waals surface area contributed by atoms with Gasteiger partial charge in [0.15, 0.2) is 0 Å². The molecule has 0 unspecified atom stereocenters. The number of aryl methyl sites for hydroxylation is 2. The van der Waals surface area contributed by atoms with Crippen molar-refractivity contribution in [2.24, 2.45) is 10.8 Å². The highest BCUT2D eigenvalue weighted by molar-refractivity contribution is 8.24. The Hall–Kier alpha value is -1.79. The van der Waals surface area contributed by atoms with Crippen LogP contribution in [0.5, 0.6) is 0 Å². The van der Waals surface area contributed by atoms with E-state index in [0.717, 1.165) is 24.4 Å². The molecule has 0 aromatic carbocycles. The van der Waals surface area contributed by atoms with Crippen LogP contribution in [0.2, 0.25) is 5.15 Å². The number of aromatic nitrogens is 4. The Kier molecular flexibility index (Phi) is 15.2. The van der Waals surface area contributed by atoms with Gasteiger partial charge in [-0.2, -0.15) is 0 Å². The van der Waals surface area contributed by atoms with Gasteiger partial charge in [0.25, 0.3) is 5.56 Å². The summed E-state index contributed by atoms with van der Waals surface area (Å²) in [4.78, 5) is 51.0. The van der Waals surface area contributed by atoms with E-state index in [0.29, 0.717) is 55.2 Å². The van der Waals surface area contributed by atoms with Crippen LogP contribution in [0.25, 0.3) is 0 Å². The van der Waals surface area contributed by atoms with Gasteiger partial charge in [0.2, 0.25) is 0 Å². The first-order valence-corrected chi connectivity index (χ1v) is 19.0. The third-order valence-corrected chi connectivity index (χ3v) is 8.40. The number of rotatable bonds is 6. The van der Waals surface area contributed by atoms with E-state index in [1.165, 1.54) is 20.3 Å². The number of nitrogens with zero attached hydrogens (tertiary/aromatic N) is 3.